The first-order valence-corrected chi connectivity index (χ1v) is 8.87. The molecule has 0 saturated heterocycles. The maximum Gasteiger partial charge on any atom is 0.255 e. The van der Waals surface area contributed by atoms with E-state index in [1.165, 1.54) is 24.8 Å². The van der Waals surface area contributed by atoms with Gasteiger partial charge in [-0.3, -0.25) is 4.79 Å². The zero-order chi connectivity index (χ0) is 16.5. The Balaban J connectivity index is 1.91. The number of carbonyl (C=O) groups excluding carboxylic acids is 1. The number of allylic oxidation sites excluding steroid dienone is 1. The van der Waals surface area contributed by atoms with E-state index >= 15 is 0 Å². The fourth-order valence-electron chi connectivity index (χ4n) is 2.60. The van der Waals surface area contributed by atoms with E-state index in [4.69, 9.17) is 9.47 Å². The molecule has 0 radical (unpaired) electrons. The van der Waals surface area contributed by atoms with Crippen molar-refractivity contribution in [2.75, 3.05) is 26.9 Å². The Labute approximate surface area is 146 Å². The fourth-order valence-corrected chi connectivity index (χ4v) is 2.97. The molecule has 1 amide bonds. The SMILES string of the molecule is COCCOc1ccc(Br)cc1C(=O)NCCC1=CCCCC1. The Bertz CT molecular complexity index is 557. The van der Waals surface area contributed by atoms with Gasteiger partial charge in [0.05, 0.1) is 12.2 Å². The van der Waals surface area contributed by atoms with E-state index in [9.17, 15) is 4.79 Å². The van der Waals surface area contributed by atoms with Crippen LogP contribution in [0.3, 0.4) is 0 Å². The largest absolute Gasteiger partial charge is 0.490 e. The summed E-state index contributed by atoms with van der Waals surface area (Å²) >= 11 is 3.41. The summed E-state index contributed by atoms with van der Waals surface area (Å²) in [6.45, 7) is 1.57. The van der Waals surface area contributed by atoms with Gasteiger partial charge in [-0.2, -0.15) is 0 Å². The van der Waals surface area contributed by atoms with Crippen molar-refractivity contribution in [3.8, 4) is 5.75 Å². The highest BCUT2D eigenvalue weighted by molar-refractivity contribution is 9.10. The predicted molar refractivity (Wildman–Crippen MR) is 95.0 cm³/mol. The number of hydrogen-bond donors (Lipinski definition) is 1. The smallest absolute Gasteiger partial charge is 0.255 e. The second-order valence-corrected chi connectivity index (χ2v) is 6.51. The molecule has 5 heteroatoms. The van der Waals surface area contributed by atoms with E-state index in [0.717, 1.165) is 17.3 Å². The van der Waals surface area contributed by atoms with Gasteiger partial charge in [-0.15, -0.1) is 0 Å². The number of halogens is 1. The van der Waals surface area contributed by atoms with Gasteiger partial charge in [-0.05, 0) is 50.3 Å². The van der Waals surface area contributed by atoms with Crippen LogP contribution in [0.4, 0.5) is 0 Å². The van der Waals surface area contributed by atoms with Crippen molar-refractivity contribution in [2.45, 2.75) is 32.1 Å². The lowest BCUT2D eigenvalue weighted by atomic mass is 9.97. The minimum Gasteiger partial charge on any atom is -0.490 e. The van der Waals surface area contributed by atoms with Crippen LogP contribution in [0, 0.1) is 0 Å². The molecule has 0 bridgehead atoms. The predicted octanol–water partition coefficient (Wildman–Crippen LogP) is 4.09. The highest BCUT2D eigenvalue weighted by Crippen LogP contribution is 2.24. The molecular weight excluding hydrogens is 358 g/mol. The van der Waals surface area contributed by atoms with E-state index in [1.807, 2.05) is 6.07 Å². The molecule has 0 fully saturated rings. The number of carbonyl (C=O) groups is 1. The number of amides is 1. The summed E-state index contributed by atoms with van der Waals surface area (Å²) in [7, 11) is 1.62. The third-order valence-corrected chi connectivity index (χ3v) is 4.34. The van der Waals surface area contributed by atoms with E-state index in [-0.39, 0.29) is 5.91 Å². The van der Waals surface area contributed by atoms with Crippen LogP contribution in [-0.4, -0.2) is 32.8 Å². The number of methoxy groups -OCH3 is 1. The Morgan fingerprint density at radius 2 is 2.17 bits per heavy atom. The van der Waals surface area contributed by atoms with Crippen LogP contribution in [0.15, 0.2) is 34.3 Å². The van der Waals surface area contributed by atoms with Crippen molar-refractivity contribution in [1.82, 2.24) is 5.32 Å². The lowest BCUT2D eigenvalue weighted by Crippen LogP contribution is -2.25. The van der Waals surface area contributed by atoms with Gasteiger partial charge in [0.2, 0.25) is 0 Å². The van der Waals surface area contributed by atoms with Crippen molar-refractivity contribution in [2.24, 2.45) is 0 Å². The molecule has 0 spiro atoms. The van der Waals surface area contributed by atoms with E-state index < -0.39 is 0 Å². The first-order valence-electron chi connectivity index (χ1n) is 8.08. The normalized spacial score (nSPS) is 14.3. The first-order chi connectivity index (χ1) is 11.2. The number of hydrogen-bond acceptors (Lipinski definition) is 3. The summed E-state index contributed by atoms with van der Waals surface area (Å²) in [6.07, 6.45) is 8.14. The Hall–Kier alpha value is -1.33. The molecule has 126 valence electrons. The van der Waals surface area contributed by atoms with E-state index in [1.54, 1.807) is 19.2 Å². The zero-order valence-electron chi connectivity index (χ0n) is 13.6. The summed E-state index contributed by atoms with van der Waals surface area (Å²) in [5.41, 5.74) is 2.01. The number of nitrogens with one attached hydrogen (secondary N) is 1. The Morgan fingerprint density at radius 1 is 1.30 bits per heavy atom. The van der Waals surface area contributed by atoms with Crippen molar-refractivity contribution in [3.63, 3.8) is 0 Å². The standard InChI is InChI=1S/C18H24BrNO3/c1-22-11-12-23-17-8-7-15(19)13-16(17)18(21)20-10-9-14-5-3-2-4-6-14/h5,7-8,13H,2-4,6,9-12H2,1H3,(H,20,21). The maximum absolute atomic E-state index is 12.4. The van der Waals surface area contributed by atoms with Crippen LogP contribution < -0.4 is 10.1 Å². The minimum absolute atomic E-state index is 0.102. The second kappa shape index (κ2) is 9.73. The van der Waals surface area contributed by atoms with Crippen LogP contribution in [-0.2, 0) is 4.74 Å². The molecule has 2 rings (SSSR count). The van der Waals surface area contributed by atoms with Gasteiger partial charge < -0.3 is 14.8 Å². The van der Waals surface area contributed by atoms with Crippen molar-refractivity contribution in [3.05, 3.63) is 39.9 Å². The molecule has 1 aromatic carbocycles. The molecular formula is C18H24BrNO3. The lowest BCUT2D eigenvalue weighted by Gasteiger charge is -2.14. The molecule has 1 aromatic rings. The fraction of sp³-hybridized carbons (Fsp3) is 0.500. The van der Waals surface area contributed by atoms with Crippen LogP contribution in [0.1, 0.15) is 42.5 Å². The number of ether oxygens (including phenoxy) is 2. The molecule has 0 saturated carbocycles. The average Bonchev–Trinajstić information content (AvgIpc) is 2.57. The van der Waals surface area contributed by atoms with Gasteiger partial charge in [0.15, 0.2) is 0 Å². The topological polar surface area (TPSA) is 47.6 Å². The highest BCUT2D eigenvalue weighted by Gasteiger charge is 2.13. The third kappa shape index (κ3) is 5.99. The van der Waals surface area contributed by atoms with Crippen LogP contribution >= 0.6 is 15.9 Å². The summed E-state index contributed by atoms with van der Waals surface area (Å²) in [4.78, 5) is 12.4. The maximum atomic E-state index is 12.4. The summed E-state index contributed by atoms with van der Waals surface area (Å²) < 4.78 is 11.5. The second-order valence-electron chi connectivity index (χ2n) is 5.60. The quantitative estimate of drug-likeness (QED) is 0.544. The highest BCUT2D eigenvalue weighted by atomic mass is 79.9. The van der Waals surface area contributed by atoms with Crippen molar-refractivity contribution < 1.29 is 14.3 Å². The molecule has 0 unspecified atom stereocenters. The molecule has 0 heterocycles. The Kier molecular flexibility index (Phi) is 7.62. The van der Waals surface area contributed by atoms with Crippen LogP contribution in [0.5, 0.6) is 5.75 Å². The monoisotopic (exact) mass is 381 g/mol. The molecule has 4 nitrogen and oxygen atoms in total. The van der Waals surface area contributed by atoms with Crippen LogP contribution in [0.25, 0.3) is 0 Å². The molecule has 0 aromatic heterocycles. The zero-order valence-corrected chi connectivity index (χ0v) is 15.2. The van der Waals surface area contributed by atoms with Gasteiger partial charge in [-0.1, -0.05) is 27.6 Å². The summed E-state index contributed by atoms with van der Waals surface area (Å²) in [5.74, 6) is 0.481. The summed E-state index contributed by atoms with van der Waals surface area (Å²) in [6, 6.07) is 5.46. The van der Waals surface area contributed by atoms with Gasteiger partial charge in [0.1, 0.15) is 12.4 Å². The van der Waals surface area contributed by atoms with Crippen molar-refractivity contribution >= 4 is 21.8 Å². The number of benzene rings is 1. The van der Waals surface area contributed by atoms with E-state index in [2.05, 4.69) is 27.3 Å². The van der Waals surface area contributed by atoms with Gasteiger partial charge in [0, 0.05) is 18.1 Å². The minimum atomic E-state index is -0.102. The molecule has 1 N–H and O–H groups in total. The molecule has 1 aliphatic carbocycles. The van der Waals surface area contributed by atoms with E-state index in [0.29, 0.717) is 31.1 Å². The molecule has 23 heavy (non-hydrogen) atoms. The third-order valence-electron chi connectivity index (χ3n) is 3.85. The molecule has 0 aliphatic heterocycles. The van der Waals surface area contributed by atoms with Gasteiger partial charge in [-0.25, -0.2) is 0 Å². The Morgan fingerprint density at radius 3 is 2.91 bits per heavy atom. The average molecular weight is 382 g/mol. The van der Waals surface area contributed by atoms with Crippen molar-refractivity contribution in [1.29, 1.82) is 0 Å². The van der Waals surface area contributed by atoms with Gasteiger partial charge >= 0.3 is 0 Å². The van der Waals surface area contributed by atoms with Crippen LogP contribution in [0.2, 0.25) is 0 Å². The first kappa shape index (κ1) is 18.0. The van der Waals surface area contributed by atoms with Gasteiger partial charge in [0.25, 0.3) is 5.91 Å². The lowest BCUT2D eigenvalue weighted by molar-refractivity contribution is 0.0946. The molecule has 0 atom stereocenters. The molecule has 1 aliphatic rings. The number of rotatable bonds is 8. The summed E-state index contributed by atoms with van der Waals surface area (Å²) in [5, 5.41) is 2.99.